The van der Waals surface area contributed by atoms with Crippen molar-refractivity contribution in [3.05, 3.63) is 35.4 Å². The molecule has 1 aliphatic heterocycles. The number of likely N-dealkylation sites (tertiary alicyclic amines) is 1. The summed E-state index contributed by atoms with van der Waals surface area (Å²) in [5.41, 5.74) is 3.24. The molecule has 2 nitrogen and oxygen atoms in total. The van der Waals surface area contributed by atoms with E-state index in [1.54, 1.807) is 11.1 Å². The lowest BCUT2D eigenvalue weighted by Crippen LogP contribution is -2.29. The van der Waals surface area contributed by atoms with Gasteiger partial charge in [0.1, 0.15) is 0 Å². The SMILES string of the molecule is CCCNCC1CCN(C)C1c1ccccc1C1CC1. The zero-order valence-corrected chi connectivity index (χ0v) is 12.9. The molecule has 1 saturated carbocycles. The van der Waals surface area contributed by atoms with Gasteiger partial charge in [-0.15, -0.1) is 0 Å². The molecule has 2 fully saturated rings. The Hall–Kier alpha value is -0.860. The van der Waals surface area contributed by atoms with Crippen molar-refractivity contribution in [1.82, 2.24) is 10.2 Å². The first kappa shape index (κ1) is 14.1. The summed E-state index contributed by atoms with van der Waals surface area (Å²) in [5.74, 6) is 1.62. The number of benzene rings is 1. The van der Waals surface area contributed by atoms with Gasteiger partial charge in [0.2, 0.25) is 0 Å². The van der Waals surface area contributed by atoms with Gasteiger partial charge in [0.15, 0.2) is 0 Å². The minimum atomic E-state index is 0.621. The summed E-state index contributed by atoms with van der Waals surface area (Å²) in [6.07, 6.45) is 5.35. The minimum Gasteiger partial charge on any atom is -0.316 e. The third kappa shape index (κ3) is 2.91. The predicted octanol–water partition coefficient (Wildman–Crippen LogP) is 3.56. The highest BCUT2D eigenvalue weighted by atomic mass is 15.2. The molecule has 1 saturated heterocycles. The molecule has 110 valence electrons. The highest BCUT2D eigenvalue weighted by Gasteiger charge is 2.36. The third-order valence-corrected chi connectivity index (χ3v) is 4.94. The van der Waals surface area contributed by atoms with E-state index in [0.29, 0.717) is 6.04 Å². The van der Waals surface area contributed by atoms with E-state index in [2.05, 4.69) is 48.5 Å². The summed E-state index contributed by atoms with van der Waals surface area (Å²) in [6, 6.07) is 9.82. The van der Waals surface area contributed by atoms with Crippen molar-refractivity contribution >= 4 is 0 Å². The molecule has 2 unspecified atom stereocenters. The van der Waals surface area contributed by atoms with Gasteiger partial charge in [0, 0.05) is 6.04 Å². The highest BCUT2D eigenvalue weighted by molar-refractivity contribution is 5.36. The van der Waals surface area contributed by atoms with Crippen molar-refractivity contribution in [2.45, 2.75) is 44.6 Å². The Labute approximate surface area is 123 Å². The second-order valence-electron chi connectivity index (χ2n) is 6.58. The Kier molecular flexibility index (Phi) is 4.42. The van der Waals surface area contributed by atoms with E-state index in [9.17, 15) is 0 Å². The van der Waals surface area contributed by atoms with Crippen LogP contribution in [0.5, 0.6) is 0 Å². The maximum Gasteiger partial charge on any atom is 0.0388 e. The topological polar surface area (TPSA) is 15.3 Å². The van der Waals surface area contributed by atoms with Crippen molar-refractivity contribution in [2.24, 2.45) is 5.92 Å². The molecule has 0 amide bonds. The number of hydrogen-bond acceptors (Lipinski definition) is 2. The van der Waals surface area contributed by atoms with Crippen LogP contribution < -0.4 is 5.32 Å². The second kappa shape index (κ2) is 6.28. The first-order valence-corrected chi connectivity index (χ1v) is 8.31. The van der Waals surface area contributed by atoms with Gasteiger partial charge in [0.05, 0.1) is 0 Å². The Morgan fingerprint density at radius 3 is 2.60 bits per heavy atom. The maximum atomic E-state index is 3.63. The van der Waals surface area contributed by atoms with Crippen LogP contribution in [0.15, 0.2) is 24.3 Å². The first-order valence-electron chi connectivity index (χ1n) is 8.31. The highest BCUT2D eigenvalue weighted by Crippen LogP contribution is 2.46. The maximum absolute atomic E-state index is 3.63. The molecule has 2 aliphatic rings. The summed E-state index contributed by atoms with van der Waals surface area (Å²) in [6.45, 7) is 5.80. The van der Waals surface area contributed by atoms with Crippen LogP contribution in [0.4, 0.5) is 0 Å². The molecule has 0 bridgehead atoms. The fourth-order valence-corrected chi connectivity index (χ4v) is 3.74. The van der Waals surface area contributed by atoms with E-state index in [1.807, 2.05) is 0 Å². The molecule has 1 aromatic carbocycles. The van der Waals surface area contributed by atoms with Crippen molar-refractivity contribution in [3.8, 4) is 0 Å². The molecule has 1 N–H and O–H groups in total. The van der Waals surface area contributed by atoms with Gasteiger partial charge in [-0.2, -0.15) is 0 Å². The average molecular weight is 272 g/mol. The number of nitrogens with one attached hydrogen (secondary N) is 1. The van der Waals surface area contributed by atoms with Gasteiger partial charge in [-0.05, 0) is 75.3 Å². The molecular formula is C18H28N2. The van der Waals surface area contributed by atoms with Gasteiger partial charge in [-0.1, -0.05) is 31.2 Å². The van der Waals surface area contributed by atoms with Crippen LogP contribution in [-0.2, 0) is 0 Å². The van der Waals surface area contributed by atoms with E-state index in [1.165, 1.54) is 38.8 Å². The van der Waals surface area contributed by atoms with Crippen LogP contribution in [0.3, 0.4) is 0 Å². The van der Waals surface area contributed by atoms with Crippen LogP contribution in [-0.4, -0.2) is 31.6 Å². The van der Waals surface area contributed by atoms with E-state index < -0.39 is 0 Å². The molecule has 3 rings (SSSR count). The number of hydrogen-bond donors (Lipinski definition) is 1. The first-order chi connectivity index (χ1) is 9.81. The Morgan fingerprint density at radius 2 is 1.90 bits per heavy atom. The van der Waals surface area contributed by atoms with Crippen LogP contribution in [0.2, 0.25) is 0 Å². The zero-order valence-electron chi connectivity index (χ0n) is 12.9. The van der Waals surface area contributed by atoms with E-state index in [4.69, 9.17) is 0 Å². The summed E-state index contributed by atoms with van der Waals surface area (Å²) >= 11 is 0. The van der Waals surface area contributed by atoms with E-state index >= 15 is 0 Å². The van der Waals surface area contributed by atoms with E-state index in [-0.39, 0.29) is 0 Å². The van der Waals surface area contributed by atoms with Crippen molar-refractivity contribution in [2.75, 3.05) is 26.7 Å². The fourth-order valence-electron chi connectivity index (χ4n) is 3.74. The van der Waals surface area contributed by atoms with Gasteiger partial charge in [-0.3, -0.25) is 4.90 Å². The average Bonchev–Trinajstić information content (AvgIpc) is 3.24. The summed E-state index contributed by atoms with van der Waals surface area (Å²) < 4.78 is 0. The van der Waals surface area contributed by atoms with Gasteiger partial charge < -0.3 is 5.32 Å². The lowest BCUT2D eigenvalue weighted by molar-refractivity contribution is 0.271. The fraction of sp³-hybridized carbons (Fsp3) is 0.667. The van der Waals surface area contributed by atoms with Crippen molar-refractivity contribution in [1.29, 1.82) is 0 Å². The van der Waals surface area contributed by atoms with Crippen LogP contribution in [0.25, 0.3) is 0 Å². The second-order valence-corrected chi connectivity index (χ2v) is 6.58. The van der Waals surface area contributed by atoms with Crippen LogP contribution in [0.1, 0.15) is 55.7 Å². The Morgan fingerprint density at radius 1 is 1.15 bits per heavy atom. The molecule has 2 atom stereocenters. The normalized spacial score (nSPS) is 27.1. The lowest BCUT2D eigenvalue weighted by atomic mass is 9.89. The molecule has 0 aromatic heterocycles. The Balaban J connectivity index is 1.78. The molecule has 2 heteroatoms. The van der Waals surface area contributed by atoms with Gasteiger partial charge in [-0.25, -0.2) is 0 Å². The quantitative estimate of drug-likeness (QED) is 0.797. The number of rotatable bonds is 6. The standard InChI is InChI=1S/C18H28N2/c1-3-11-19-13-15-10-12-20(2)18(15)17-7-5-4-6-16(17)14-8-9-14/h4-7,14-15,18-19H,3,8-13H2,1-2H3. The summed E-state index contributed by atoms with van der Waals surface area (Å²) in [7, 11) is 2.30. The lowest BCUT2D eigenvalue weighted by Gasteiger charge is -2.28. The molecule has 0 spiro atoms. The van der Waals surface area contributed by atoms with Crippen LogP contribution >= 0.6 is 0 Å². The van der Waals surface area contributed by atoms with E-state index in [0.717, 1.165) is 18.4 Å². The minimum absolute atomic E-state index is 0.621. The third-order valence-electron chi connectivity index (χ3n) is 4.94. The number of nitrogens with zero attached hydrogens (tertiary/aromatic N) is 1. The summed E-state index contributed by atoms with van der Waals surface area (Å²) in [5, 5.41) is 3.63. The molecule has 1 aliphatic carbocycles. The zero-order chi connectivity index (χ0) is 13.9. The molecule has 20 heavy (non-hydrogen) atoms. The summed E-state index contributed by atoms with van der Waals surface area (Å²) in [4.78, 5) is 2.57. The monoisotopic (exact) mass is 272 g/mol. The van der Waals surface area contributed by atoms with Crippen molar-refractivity contribution < 1.29 is 0 Å². The van der Waals surface area contributed by atoms with Gasteiger partial charge >= 0.3 is 0 Å². The largest absolute Gasteiger partial charge is 0.316 e. The predicted molar refractivity (Wildman–Crippen MR) is 85.1 cm³/mol. The van der Waals surface area contributed by atoms with Gasteiger partial charge in [0.25, 0.3) is 0 Å². The van der Waals surface area contributed by atoms with Crippen molar-refractivity contribution in [3.63, 3.8) is 0 Å². The molecule has 1 aromatic rings. The Bertz CT molecular complexity index is 439. The molecule has 0 radical (unpaired) electrons. The van der Waals surface area contributed by atoms with Crippen LogP contribution in [0, 0.1) is 5.92 Å². The smallest absolute Gasteiger partial charge is 0.0388 e. The molecular weight excluding hydrogens is 244 g/mol. The molecule has 1 heterocycles.